The molecule has 0 aliphatic carbocycles. The van der Waals surface area contributed by atoms with Gasteiger partial charge in [-0.25, -0.2) is 0 Å². The van der Waals surface area contributed by atoms with Crippen LogP contribution in [0.4, 0.5) is 5.69 Å². The summed E-state index contributed by atoms with van der Waals surface area (Å²) in [5.74, 6) is 1.33. The lowest BCUT2D eigenvalue weighted by atomic mass is 9.94. The van der Waals surface area contributed by atoms with Crippen LogP contribution in [-0.4, -0.2) is 26.7 Å². The highest BCUT2D eigenvalue weighted by Gasteiger charge is 2.31. The van der Waals surface area contributed by atoms with Crippen LogP contribution in [0.1, 0.15) is 18.4 Å². The highest BCUT2D eigenvalue weighted by molar-refractivity contribution is 5.65. The van der Waals surface area contributed by atoms with Gasteiger partial charge >= 0.3 is 0 Å². The first-order chi connectivity index (χ1) is 7.15. The summed E-state index contributed by atoms with van der Waals surface area (Å²) in [6.07, 6.45) is 0. The maximum absolute atomic E-state index is 6.02. The number of rotatable bonds is 2. The number of methoxy groups -OCH3 is 1. The van der Waals surface area contributed by atoms with Gasteiger partial charge in [0, 0.05) is 36.8 Å². The predicted octanol–water partition coefficient (Wildman–Crippen LogP) is 1.58. The van der Waals surface area contributed by atoms with E-state index < -0.39 is 0 Å². The summed E-state index contributed by atoms with van der Waals surface area (Å²) in [5.41, 5.74) is 8.52. The smallest absolute Gasteiger partial charge is 0.124 e. The van der Waals surface area contributed by atoms with Crippen molar-refractivity contribution < 1.29 is 4.74 Å². The molecule has 1 aliphatic heterocycles. The Morgan fingerprint density at radius 2 is 2.27 bits per heavy atom. The molecule has 82 valence electrons. The lowest BCUT2D eigenvalue weighted by Gasteiger charge is -2.17. The standard InChI is InChI=1S/C12H18N2O/c1-8(13)9-7-14(2)10-5-4-6-11(15-3)12(9)10/h4-6,8-9H,7,13H2,1-3H3. The van der Waals surface area contributed by atoms with Gasteiger partial charge in [-0.1, -0.05) is 6.07 Å². The third-order valence-corrected chi connectivity index (χ3v) is 3.15. The number of nitrogens with zero attached hydrogens (tertiary/aromatic N) is 1. The third kappa shape index (κ3) is 1.57. The summed E-state index contributed by atoms with van der Waals surface area (Å²) < 4.78 is 5.40. The summed E-state index contributed by atoms with van der Waals surface area (Å²) in [6.45, 7) is 3.04. The molecular weight excluding hydrogens is 188 g/mol. The molecule has 2 N–H and O–H groups in total. The fraction of sp³-hybridized carbons (Fsp3) is 0.500. The van der Waals surface area contributed by atoms with Gasteiger partial charge in [0.2, 0.25) is 0 Å². The Balaban J connectivity index is 2.51. The molecule has 0 bridgehead atoms. The van der Waals surface area contributed by atoms with E-state index in [1.807, 2.05) is 12.1 Å². The minimum absolute atomic E-state index is 0.157. The van der Waals surface area contributed by atoms with Crippen molar-refractivity contribution in [2.45, 2.75) is 18.9 Å². The summed E-state index contributed by atoms with van der Waals surface area (Å²) in [6, 6.07) is 6.32. The van der Waals surface area contributed by atoms with E-state index in [2.05, 4.69) is 24.9 Å². The molecule has 0 saturated carbocycles. The van der Waals surface area contributed by atoms with Gasteiger partial charge in [0.25, 0.3) is 0 Å². The molecule has 0 fully saturated rings. The Morgan fingerprint density at radius 1 is 1.53 bits per heavy atom. The Hall–Kier alpha value is -1.22. The molecule has 2 rings (SSSR count). The maximum Gasteiger partial charge on any atom is 0.124 e. The number of hydrogen-bond donors (Lipinski definition) is 1. The topological polar surface area (TPSA) is 38.5 Å². The van der Waals surface area contributed by atoms with Crippen LogP contribution in [0.25, 0.3) is 0 Å². The van der Waals surface area contributed by atoms with E-state index in [0.29, 0.717) is 5.92 Å². The average Bonchev–Trinajstić information content (AvgIpc) is 2.56. The van der Waals surface area contributed by atoms with Crippen LogP contribution < -0.4 is 15.4 Å². The van der Waals surface area contributed by atoms with Crippen LogP contribution in [0, 0.1) is 0 Å². The number of fused-ring (bicyclic) bond motifs is 1. The number of nitrogens with two attached hydrogens (primary N) is 1. The molecule has 1 aliphatic rings. The average molecular weight is 206 g/mol. The van der Waals surface area contributed by atoms with Crippen LogP contribution in [0.5, 0.6) is 5.75 Å². The Kier molecular flexibility index (Phi) is 2.57. The summed E-state index contributed by atoms with van der Waals surface area (Å²) >= 11 is 0. The number of anilines is 1. The fourth-order valence-electron chi connectivity index (χ4n) is 2.33. The Labute approximate surface area is 90.8 Å². The van der Waals surface area contributed by atoms with Crippen LogP contribution >= 0.6 is 0 Å². The third-order valence-electron chi connectivity index (χ3n) is 3.15. The molecule has 0 saturated heterocycles. The van der Waals surface area contributed by atoms with Crippen LogP contribution in [0.15, 0.2) is 18.2 Å². The van der Waals surface area contributed by atoms with Crippen molar-refractivity contribution >= 4 is 5.69 Å². The molecular formula is C12H18N2O. The first kappa shape index (κ1) is 10.3. The Morgan fingerprint density at radius 3 is 2.87 bits per heavy atom. The van der Waals surface area contributed by atoms with Crippen molar-refractivity contribution in [1.82, 2.24) is 0 Å². The van der Waals surface area contributed by atoms with E-state index in [1.54, 1.807) is 7.11 Å². The molecule has 0 amide bonds. The molecule has 0 aromatic heterocycles. The van der Waals surface area contributed by atoms with Crippen molar-refractivity contribution in [2.75, 3.05) is 25.6 Å². The SMILES string of the molecule is COc1cccc2c1C(C(C)N)CN2C. The Bertz CT molecular complexity index is 363. The zero-order valence-electron chi connectivity index (χ0n) is 9.53. The highest BCUT2D eigenvalue weighted by atomic mass is 16.5. The van der Waals surface area contributed by atoms with E-state index in [0.717, 1.165) is 12.3 Å². The lowest BCUT2D eigenvalue weighted by Crippen LogP contribution is -2.28. The molecule has 1 aromatic carbocycles. The van der Waals surface area contributed by atoms with Gasteiger partial charge in [0.1, 0.15) is 5.75 Å². The zero-order chi connectivity index (χ0) is 11.0. The first-order valence-corrected chi connectivity index (χ1v) is 5.28. The van der Waals surface area contributed by atoms with E-state index in [9.17, 15) is 0 Å². The van der Waals surface area contributed by atoms with Gasteiger partial charge in [-0.3, -0.25) is 0 Å². The van der Waals surface area contributed by atoms with Crippen LogP contribution in [0.3, 0.4) is 0 Å². The minimum Gasteiger partial charge on any atom is -0.496 e. The second-order valence-corrected chi connectivity index (χ2v) is 4.24. The maximum atomic E-state index is 6.02. The quantitative estimate of drug-likeness (QED) is 0.798. The summed E-state index contributed by atoms with van der Waals surface area (Å²) in [5, 5.41) is 0. The van der Waals surface area contributed by atoms with Crippen molar-refractivity contribution in [3.8, 4) is 5.75 Å². The molecule has 1 heterocycles. The van der Waals surface area contributed by atoms with Gasteiger partial charge in [0.05, 0.1) is 7.11 Å². The molecule has 0 radical (unpaired) electrons. The fourth-order valence-corrected chi connectivity index (χ4v) is 2.33. The zero-order valence-corrected chi connectivity index (χ0v) is 9.53. The van der Waals surface area contributed by atoms with E-state index in [-0.39, 0.29) is 6.04 Å². The van der Waals surface area contributed by atoms with Gasteiger partial charge < -0.3 is 15.4 Å². The molecule has 2 unspecified atom stereocenters. The normalized spacial score (nSPS) is 21.3. The lowest BCUT2D eigenvalue weighted by molar-refractivity contribution is 0.405. The van der Waals surface area contributed by atoms with Crippen LogP contribution in [0.2, 0.25) is 0 Å². The number of hydrogen-bond acceptors (Lipinski definition) is 3. The van der Waals surface area contributed by atoms with Crippen molar-refractivity contribution in [1.29, 1.82) is 0 Å². The van der Waals surface area contributed by atoms with E-state index >= 15 is 0 Å². The molecule has 3 heteroatoms. The molecule has 1 aromatic rings. The van der Waals surface area contributed by atoms with Crippen molar-refractivity contribution in [2.24, 2.45) is 5.73 Å². The van der Waals surface area contributed by atoms with Gasteiger partial charge in [-0.2, -0.15) is 0 Å². The molecule has 0 spiro atoms. The van der Waals surface area contributed by atoms with Crippen molar-refractivity contribution in [3.63, 3.8) is 0 Å². The second kappa shape index (κ2) is 3.74. The van der Waals surface area contributed by atoms with E-state index in [4.69, 9.17) is 10.5 Å². The van der Waals surface area contributed by atoms with Crippen molar-refractivity contribution in [3.05, 3.63) is 23.8 Å². The van der Waals surface area contributed by atoms with Gasteiger partial charge in [0.15, 0.2) is 0 Å². The molecule has 15 heavy (non-hydrogen) atoms. The highest BCUT2D eigenvalue weighted by Crippen LogP contribution is 2.42. The summed E-state index contributed by atoms with van der Waals surface area (Å²) in [7, 11) is 3.81. The summed E-state index contributed by atoms with van der Waals surface area (Å²) in [4.78, 5) is 2.24. The first-order valence-electron chi connectivity index (χ1n) is 5.28. The number of benzene rings is 1. The van der Waals surface area contributed by atoms with Gasteiger partial charge in [-0.15, -0.1) is 0 Å². The minimum atomic E-state index is 0.157. The second-order valence-electron chi connectivity index (χ2n) is 4.24. The monoisotopic (exact) mass is 206 g/mol. The largest absolute Gasteiger partial charge is 0.496 e. The van der Waals surface area contributed by atoms with Crippen LogP contribution in [-0.2, 0) is 0 Å². The number of likely N-dealkylation sites (N-methyl/N-ethyl adjacent to an activating group) is 1. The molecule has 2 atom stereocenters. The number of ether oxygens (including phenoxy) is 1. The molecule has 3 nitrogen and oxygen atoms in total. The predicted molar refractivity (Wildman–Crippen MR) is 62.7 cm³/mol. The van der Waals surface area contributed by atoms with E-state index in [1.165, 1.54) is 11.3 Å². The van der Waals surface area contributed by atoms with Gasteiger partial charge in [-0.05, 0) is 19.1 Å².